The highest BCUT2D eigenvalue weighted by atomic mass is 16.5. The number of nitrogens with one attached hydrogen (secondary N) is 1. The second kappa shape index (κ2) is 7.09. The molecule has 20 heavy (non-hydrogen) atoms. The number of rotatable bonds is 6. The summed E-state index contributed by atoms with van der Waals surface area (Å²) in [4.78, 5) is 15.7. The fourth-order valence-electron chi connectivity index (χ4n) is 1.62. The predicted octanol–water partition coefficient (Wildman–Crippen LogP) is 2.58. The number of aromatic nitrogens is 1. The monoisotopic (exact) mass is 268 g/mol. The molecule has 1 N–H and O–H groups in total. The van der Waals surface area contributed by atoms with Crippen LogP contribution in [0, 0.1) is 0 Å². The Morgan fingerprint density at radius 1 is 1.30 bits per heavy atom. The lowest BCUT2D eigenvalue weighted by molar-refractivity contribution is 0.0958. The van der Waals surface area contributed by atoms with Gasteiger partial charge in [-0.1, -0.05) is 12.1 Å². The lowest BCUT2D eigenvalue weighted by Gasteiger charge is -2.07. The second-order valence-corrected chi connectivity index (χ2v) is 4.17. The molecule has 0 atom stereocenters. The first-order chi connectivity index (χ1) is 9.79. The van der Waals surface area contributed by atoms with E-state index in [9.17, 15) is 4.79 Å². The van der Waals surface area contributed by atoms with Crippen LogP contribution in [0.2, 0.25) is 0 Å². The van der Waals surface area contributed by atoms with E-state index >= 15 is 0 Å². The number of hydrogen-bond acceptors (Lipinski definition) is 3. The van der Waals surface area contributed by atoms with Crippen LogP contribution >= 0.6 is 0 Å². The first-order valence-corrected chi connectivity index (χ1v) is 6.30. The van der Waals surface area contributed by atoms with Crippen molar-refractivity contribution in [2.45, 2.75) is 6.61 Å². The largest absolute Gasteiger partial charge is 0.489 e. The van der Waals surface area contributed by atoms with E-state index in [-0.39, 0.29) is 5.91 Å². The molecule has 0 radical (unpaired) electrons. The van der Waals surface area contributed by atoms with Crippen LogP contribution in [0.4, 0.5) is 0 Å². The van der Waals surface area contributed by atoms with Crippen LogP contribution in [0.15, 0.2) is 61.4 Å². The summed E-state index contributed by atoms with van der Waals surface area (Å²) >= 11 is 0. The van der Waals surface area contributed by atoms with Crippen LogP contribution in [0.25, 0.3) is 0 Å². The van der Waals surface area contributed by atoms with Gasteiger partial charge in [0.25, 0.3) is 5.91 Å². The molecule has 1 aromatic heterocycles. The molecule has 0 spiro atoms. The van der Waals surface area contributed by atoms with Gasteiger partial charge in [0.15, 0.2) is 0 Å². The van der Waals surface area contributed by atoms with Gasteiger partial charge < -0.3 is 10.1 Å². The number of ether oxygens (including phenoxy) is 1. The standard InChI is InChI=1S/C16H16N2O2/c1-2-9-18-16(19)14-5-7-15(8-6-14)20-12-13-4-3-10-17-11-13/h2-8,10-11H,1,9,12H2,(H,18,19). The Morgan fingerprint density at radius 3 is 2.75 bits per heavy atom. The van der Waals surface area contributed by atoms with Crippen LogP contribution in [0.3, 0.4) is 0 Å². The molecule has 2 aromatic rings. The molecular formula is C16H16N2O2. The molecule has 2 rings (SSSR count). The van der Waals surface area contributed by atoms with Gasteiger partial charge in [0.05, 0.1) is 0 Å². The van der Waals surface area contributed by atoms with Gasteiger partial charge in [0.1, 0.15) is 12.4 Å². The summed E-state index contributed by atoms with van der Waals surface area (Å²) in [5.74, 6) is 0.595. The second-order valence-electron chi connectivity index (χ2n) is 4.17. The molecule has 4 nitrogen and oxygen atoms in total. The molecule has 1 amide bonds. The van der Waals surface area contributed by atoms with Gasteiger partial charge in [-0.3, -0.25) is 9.78 Å². The van der Waals surface area contributed by atoms with Crippen molar-refractivity contribution in [2.75, 3.05) is 6.54 Å². The minimum atomic E-state index is -0.122. The Bertz CT molecular complexity index is 565. The Labute approximate surface area is 118 Å². The molecule has 1 heterocycles. The lowest BCUT2D eigenvalue weighted by atomic mass is 10.2. The predicted molar refractivity (Wildman–Crippen MR) is 77.5 cm³/mol. The molecule has 0 saturated carbocycles. The first-order valence-electron chi connectivity index (χ1n) is 6.30. The zero-order valence-electron chi connectivity index (χ0n) is 11.1. The summed E-state index contributed by atoms with van der Waals surface area (Å²) in [7, 11) is 0. The number of carbonyl (C=O) groups is 1. The molecule has 0 aliphatic rings. The minimum absolute atomic E-state index is 0.122. The van der Waals surface area contributed by atoms with E-state index in [0.29, 0.717) is 24.5 Å². The maximum atomic E-state index is 11.7. The van der Waals surface area contributed by atoms with Gasteiger partial charge in [-0.15, -0.1) is 6.58 Å². The van der Waals surface area contributed by atoms with Gasteiger partial charge in [-0.2, -0.15) is 0 Å². The fraction of sp³-hybridized carbons (Fsp3) is 0.125. The van der Waals surface area contributed by atoms with Gasteiger partial charge in [0.2, 0.25) is 0 Å². The SMILES string of the molecule is C=CCNC(=O)c1ccc(OCc2cccnc2)cc1. The molecule has 0 bridgehead atoms. The number of pyridine rings is 1. The van der Waals surface area contributed by atoms with Crippen molar-refractivity contribution >= 4 is 5.91 Å². The van der Waals surface area contributed by atoms with Crippen LogP contribution in [0.5, 0.6) is 5.75 Å². The molecule has 0 saturated heterocycles. The van der Waals surface area contributed by atoms with Crippen LogP contribution in [-0.2, 0) is 6.61 Å². The van der Waals surface area contributed by atoms with E-state index in [4.69, 9.17) is 4.74 Å². The average molecular weight is 268 g/mol. The molecule has 102 valence electrons. The fourth-order valence-corrected chi connectivity index (χ4v) is 1.62. The van der Waals surface area contributed by atoms with Gasteiger partial charge in [-0.05, 0) is 30.3 Å². The number of nitrogens with zero attached hydrogens (tertiary/aromatic N) is 1. The zero-order chi connectivity index (χ0) is 14.2. The first kappa shape index (κ1) is 13.8. The number of carbonyl (C=O) groups excluding carboxylic acids is 1. The summed E-state index contributed by atoms with van der Waals surface area (Å²) in [6.45, 7) is 4.46. The number of amides is 1. The van der Waals surface area contributed by atoms with Crippen molar-refractivity contribution < 1.29 is 9.53 Å². The van der Waals surface area contributed by atoms with Crippen LogP contribution in [-0.4, -0.2) is 17.4 Å². The van der Waals surface area contributed by atoms with E-state index in [0.717, 1.165) is 5.56 Å². The average Bonchev–Trinajstić information content (AvgIpc) is 2.52. The summed E-state index contributed by atoms with van der Waals surface area (Å²) in [6.07, 6.45) is 5.13. The zero-order valence-corrected chi connectivity index (χ0v) is 11.1. The number of hydrogen-bond donors (Lipinski definition) is 1. The lowest BCUT2D eigenvalue weighted by Crippen LogP contribution is -2.22. The van der Waals surface area contributed by atoms with Crippen LogP contribution in [0.1, 0.15) is 15.9 Å². The van der Waals surface area contributed by atoms with Crippen molar-refractivity contribution in [3.63, 3.8) is 0 Å². The molecule has 1 aromatic carbocycles. The van der Waals surface area contributed by atoms with Crippen molar-refractivity contribution in [2.24, 2.45) is 0 Å². The summed E-state index contributed by atoms with van der Waals surface area (Å²) < 4.78 is 5.62. The molecule has 0 aliphatic heterocycles. The van der Waals surface area contributed by atoms with Crippen LogP contribution < -0.4 is 10.1 Å². The quantitative estimate of drug-likeness (QED) is 0.819. The van der Waals surface area contributed by atoms with E-state index in [1.54, 1.807) is 42.7 Å². The third-order valence-corrected chi connectivity index (χ3v) is 2.65. The highest BCUT2D eigenvalue weighted by molar-refractivity contribution is 5.94. The normalized spacial score (nSPS) is 9.80. The van der Waals surface area contributed by atoms with E-state index in [2.05, 4.69) is 16.9 Å². The Hall–Kier alpha value is -2.62. The minimum Gasteiger partial charge on any atom is -0.489 e. The van der Waals surface area contributed by atoms with Crippen molar-refractivity contribution in [1.29, 1.82) is 0 Å². The van der Waals surface area contributed by atoms with Gasteiger partial charge >= 0.3 is 0 Å². The summed E-state index contributed by atoms with van der Waals surface area (Å²) in [5, 5.41) is 2.72. The summed E-state index contributed by atoms with van der Waals surface area (Å²) in [6, 6.07) is 10.8. The van der Waals surface area contributed by atoms with E-state index in [1.807, 2.05) is 12.1 Å². The Balaban J connectivity index is 1.91. The third-order valence-electron chi connectivity index (χ3n) is 2.65. The highest BCUT2D eigenvalue weighted by Crippen LogP contribution is 2.14. The highest BCUT2D eigenvalue weighted by Gasteiger charge is 2.04. The van der Waals surface area contributed by atoms with Gasteiger partial charge in [-0.25, -0.2) is 0 Å². The third kappa shape index (κ3) is 3.95. The molecular weight excluding hydrogens is 252 g/mol. The Kier molecular flexibility index (Phi) is 4.89. The topological polar surface area (TPSA) is 51.2 Å². The molecule has 0 unspecified atom stereocenters. The van der Waals surface area contributed by atoms with E-state index < -0.39 is 0 Å². The van der Waals surface area contributed by atoms with Crippen molar-refractivity contribution in [3.8, 4) is 5.75 Å². The molecule has 0 aliphatic carbocycles. The van der Waals surface area contributed by atoms with Crippen molar-refractivity contribution in [1.82, 2.24) is 10.3 Å². The molecule has 0 fully saturated rings. The Morgan fingerprint density at radius 2 is 2.10 bits per heavy atom. The van der Waals surface area contributed by atoms with Gasteiger partial charge in [0, 0.05) is 30.1 Å². The smallest absolute Gasteiger partial charge is 0.251 e. The molecule has 4 heteroatoms. The maximum absolute atomic E-state index is 11.7. The van der Waals surface area contributed by atoms with E-state index in [1.165, 1.54) is 0 Å². The maximum Gasteiger partial charge on any atom is 0.251 e. The number of benzene rings is 1. The summed E-state index contributed by atoms with van der Waals surface area (Å²) in [5.41, 5.74) is 1.60. The van der Waals surface area contributed by atoms with Crippen molar-refractivity contribution in [3.05, 3.63) is 72.6 Å².